The average molecular weight is 835 g/mol. The molecule has 0 atom stereocenters. The molecule has 306 valence electrons. The quantitative estimate of drug-likeness (QED) is 0.152. The Balaban J connectivity index is 1.01. The van der Waals surface area contributed by atoms with Crippen molar-refractivity contribution in [1.29, 1.82) is 0 Å². The highest BCUT2D eigenvalue weighted by atomic mass is 14.5. The van der Waals surface area contributed by atoms with Crippen molar-refractivity contribution in [2.45, 2.75) is 24.7 Å². The highest BCUT2D eigenvalue weighted by Crippen LogP contribution is 2.65. The second-order valence-corrected chi connectivity index (χ2v) is 19.4. The van der Waals surface area contributed by atoms with Gasteiger partial charge in [0.05, 0.1) is 5.41 Å². The van der Waals surface area contributed by atoms with Crippen LogP contribution in [0.3, 0.4) is 0 Å². The van der Waals surface area contributed by atoms with Gasteiger partial charge in [-0.25, -0.2) is 0 Å². The van der Waals surface area contributed by atoms with E-state index in [1.54, 1.807) is 0 Å². The van der Waals surface area contributed by atoms with Crippen LogP contribution in [0.15, 0.2) is 218 Å². The SMILES string of the molecule is CC1(C)c2ccccc2-c2c1cc(-c1c3ccccc3c(-c3ccc4c5c(ccc4c3)-c3c(ccc4ccccc34)C53c4ccccc4-c4ccccc43)c3ccccc13)c1ccccc21. The summed E-state index contributed by atoms with van der Waals surface area (Å²) in [7, 11) is 0. The highest BCUT2D eigenvalue weighted by molar-refractivity contribution is 6.25. The average Bonchev–Trinajstić information content (AvgIpc) is 3.94. The summed E-state index contributed by atoms with van der Waals surface area (Å²) < 4.78 is 0. The zero-order valence-electron chi connectivity index (χ0n) is 36.8. The summed E-state index contributed by atoms with van der Waals surface area (Å²) in [4.78, 5) is 0. The van der Waals surface area contributed by atoms with Crippen LogP contribution in [-0.4, -0.2) is 0 Å². The number of hydrogen-bond donors (Lipinski definition) is 0. The molecule has 0 N–H and O–H groups in total. The molecule has 0 aliphatic heterocycles. The van der Waals surface area contributed by atoms with Gasteiger partial charge in [-0.05, 0) is 155 Å². The number of hydrogen-bond acceptors (Lipinski definition) is 0. The van der Waals surface area contributed by atoms with E-state index in [1.807, 2.05) is 0 Å². The lowest BCUT2D eigenvalue weighted by Crippen LogP contribution is -2.26. The Bertz CT molecular complexity index is 4040. The van der Waals surface area contributed by atoms with E-state index in [-0.39, 0.29) is 5.41 Å². The molecule has 0 heterocycles. The Morgan fingerprint density at radius 2 is 0.758 bits per heavy atom. The van der Waals surface area contributed by atoms with Gasteiger partial charge >= 0.3 is 0 Å². The molecular weight excluding hydrogens is 793 g/mol. The molecule has 3 aliphatic carbocycles. The van der Waals surface area contributed by atoms with Crippen LogP contribution in [0.1, 0.15) is 47.2 Å². The van der Waals surface area contributed by atoms with Crippen LogP contribution < -0.4 is 0 Å². The molecule has 0 radical (unpaired) electrons. The number of rotatable bonds is 2. The molecular formula is C66H42. The van der Waals surface area contributed by atoms with E-state index >= 15 is 0 Å². The Labute approximate surface area is 384 Å². The summed E-state index contributed by atoms with van der Waals surface area (Å²) in [5, 5.41) is 12.9. The lowest BCUT2D eigenvalue weighted by Gasteiger charge is -2.31. The Morgan fingerprint density at radius 3 is 1.42 bits per heavy atom. The number of fused-ring (bicyclic) bond motifs is 21. The maximum absolute atomic E-state index is 2.54. The summed E-state index contributed by atoms with van der Waals surface area (Å²) >= 11 is 0. The van der Waals surface area contributed by atoms with E-state index in [0.717, 1.165) is 0 Å². The minimum atomic E-state index is -0.446. The van der Waals surface area contributed by atoms with Crippen LogP contribution in [0.5, 0.6) is 0 Å². The molecule has 12 aromatic carbocycles. The predicted octanol–water partition coefficient (Wildman–Crippen LogP) is 17.4. The number of benzene rings is 12. The van der Waals surface area contributed by atoms with Crippen molar-refractivity contribution < 1.29 is 0 Å². The van der Waals surface area contributed by atoms with Crippen LogP contribution in [0.4, 0.5) is 0 Å². The Hall–Kier alpha value is -8.06. The second-order valence-electron chi connectivity index (χ2n) is 19.4. The van der Waals surface area contributed by atoms with Gasteiger partial charge in [-0.1, -0.05) is 220 Å². The molecule has 0 aromatic heterocycles. The normalized spacial score (nSPS) is 14.5. The van der Waals surface area contributed by atoms with E-state index in [4.69, 9.17) is 0 Å². The Kier molecular flexibility index (Phi) is 7.04. The van der Waals surface area contributed by atoms with Gasteiger partial charge in [0.25, 0.3) is 0 Å². The molecule has 0 amide bonds. The molecule has 12 aromatic rings. The van der Waals surface area contributed by atoms with Gasteiger partial charge in [0.1, 0.15) is 0 Å². The van der Waals surface area contributed by atoms with Crippen LogP contribution in [0.2, 0.25) is 0 Å². The first-order chi connectivity index (χ1) is 32.5. The zero-order valence-corrected chi connectivity index (χ0v) is 36.8. The van der Waals surface area contributed by atoms with Gasteiger partial charge in [0.15, 0.2) is 0 Å². The topological polar surface area (TPSA) is 0 Å². The van der Waals surface area contributed by atoms with Crippen LogP contribution in [-0.2, 0) is 10.8 Å². The lowest BCUT2D eigenvalue weighted by molar-refractivity contribution is 0.661. The van der Waals surface area contributed by atoms with Gasteiger partial charge in [0, 0.05) is 5.41 Å². The first-order valence-electron chi connectivity index (χ1n) is 23.4. The third kappa shape index (κ3) is 4.40. The first-order valence-corrected chi connectivity index (χ1v) is 23.4. The van der Waals surface area contributed by atoms with Crippen molar-refractivity contribution in [2.75, 3.05) is 0 Å². The lowest BCUT2D eigenvalue weighted by atomic mass is 9.69. The van der Waals surface area contributed by atoms with Crippen molar-refractivity contribution in [2.24, 2.45) is 0 Å². The molecule has 66 heavy (non-hydrogen) atoms. The van der Waals surface area contributed by atoms with Crippen molar-refractivity contribution >= 4 is 53.9 Å². The molecule has 0 fully saturated rings. The molecule has 0 saturated heterocycles. The summed E-state index contributed by atoms with van der Waals surface area (Å²) in [5.41, 5.74) is 21.0. The van der Waals surface area contributed by atoms with E-state index < -0.39 is 5.41 Å². The smallest absolute Gasteiger partial charge is 0.0619 e. The minimum Gasteiger partial charge on any atom is -0.0619 e. The summed E-state index contributed by atoms with van der Waals surface area (Å²) in [6.07, 6.45) is 0. The van der Waals surface area contributed by atoms with Gasteiger partial charge in [0.2, 0.25) is 0 Å². The highest BCUT2D eigenvalue weighted by Gasteiger charge is 2.52. The molecule has 0 unspecified atom stereocenters. The van der Waals surface area contributed by atoms with E-state index in [0.29, 0.717) is 0 Å². The maximum atomic E-state index is 2.54. The fraction of sp³-hybridized carbons (Fsp3) is 0.0606. The molecule has 3 aliphatic rings. The monoisotopic (exact) mass is 834 g/mol. The van der Waals surface area contributed by atoms with E-state index in [1.165, 1.54) is 143 Å². The molecule has 0 saturated carbocycles. The van der Waals surface area contributed by atoms with E-state index in [2.05, 4.69) is 232 Å². The third-order valence-corrected chi connectivity index (χ3v) is 16.0. The maximum Gasteiger partial charge on any atom is 0.0731 e. The first kappa shape index (κ1) is 36.3. The predicted molar refractivity (Wildman–Crippen MR) is 279 cm³/mol. The van der Waals surface area contributed by atoms with Crippen molar-refractivity contribution in [3.63, 3.8) is 0 Å². The van der Waals surface area contributed by atoms with E-state index in [9.17, 15) is 0 Å². The van der Waals surface area contributed by atoms with Crippen molar-refractivity contribution in [3.8, 4) is 55.6 Å². The van der Waals surface area contributed by atoms with Gasteiger partial charge in [-0.2, -0.15) is 0 Å². The fourth-order valence-corrected chi connectivity index (χ4v) is 13.4. The Morgan fingerprint density at radius 1 is 0.258 bits per heavy atom. The molecule has 0 heteroatoms. The van der Waals surface area contributed by atoms with Gasteiger partial charge < -0.3 is 0 Å². The van der Waals surface area contributed by atoms with Gasteiger partial charge in [-0.3, -0.25) is 0 Å². The van der Waals surface area contributed by atoms with Crippen molar-refractivity contribution in [1.82, 2.24) is 0 Å². The summed E-state index contributed by atoms with van der Waals surface area (Å²) in [6.45, 7) is 4.80. The van der Waals surface area contributed by atoms with Crippen LogP contribution in [0.25, 0.3) is 109 Å². The van der Waals surface area contributed by atoms with Crippen LogP contribution >= 0.6 is 0 Å². The zero-order chi connectivity index (χ0) is 43.5. The molecule has 0 nitrogen and oxygen atoms in total. The van der Waals surface area contributed by atoms with Crippen molar-refractivity contribution in [3.05, 3.63) is 252 Å². The largest absolute Gasteiger partial charge is 0.0731 e. The molecule has 0 bridgehead atoms. The summed E-state index contributed by atoms with van der Waals surface area (Å²) in [5.74, 6) is 0. The summed E-state index contributed by atoms with van der Waals surface area (Å²) in [6, 6.07) is 83.2. The van der Waals surface area contributed by atoms with Gasteiger partial charge in [-0.15, -0.1) is 0 Å². The molecule has 15 rings (SSSR count). The standard InChI is InChI=1S/C66H42/c1-65(2)55-28-14-13-27-52(55)63-47-22-6-5-19-44(47)54(38-59(63)65)61-50-25-9-7-23-48(50)60(49-24-8-10-26-51(49)61)41-32-34-43-40(37-41)31-35-53-62-42-18-4-3-17-39(42)33-36-58(62)66(64(43)53)56-29-15-11-20-45(56)46-21-12-16-30-57(46)66/h3-38H,1-2H3. The minimum absolute atomic E-state index is 0.128. The fourth-order valence-electron chi connectivity index (χ4n) is 13.4. The van der Waals surface area contributed by atoms with Crippen LogP contribution in [0, 0.1) is 0 Å². The second kappa shape index (κ2) is 12.8. The molecule has 1 spiro atoms. The third-order valence-electron chi connectivity index (χ3n) is 16.0.